The fraction of sp³-hybridized carbons (Fsp3) is 0.364. The topological polar surface area (TPSA) is 56.1 Å². The first-order valence-electron chi connectivity index (χ1n) is 9.68. The number of aromatic nitrogens is 2. The molecule has 27 heavy (non-hydrogen) atoms. The van der Waals surface area contributed by atoms with Gasteiger partial charge in [-0.1, -0.05) is 49.4 Å². The Hall–Kier alpha value is -2.66. The summed E-state index contributed by atoms with van der Waals surface area (Å²) in [6.07, 6.45) is 6.75. The Morgan fingerprint density at radius 3 is 2.96 bits per heavy atom. The summed E-state index contributed by atoms with van der Waals surface area (Å²) in [6.45, 7) is 3.38. The number of nitrogens with zero attached hydrogens (tertiary/aromatic N) is 2. The molecule has 0 aliphatic carbocycles. The van der Waals surface area contributed by atoms with Gasteiger partial charge in [-0.2, -0.15) is 5.10 Å². The van der Waals surface area contributed by atoms with Gasteiger partial charge in [-0.05, 0) is 35.6 Å². The summed E-state index contributed by atoms with van der Waals surface area (Å²) in [5.41, 5.74) is 2.16. The first-order chi connectivity index (χ1) is 13.3. The van der Waals surface area contributed by atoms with Gasteiger partial charge in [0.15, 0.2) is 0 Å². The van der Waals surface area contributed by atoms with Crippen LogP contribution in [-0.2, 0) is 9.53 Å². The highest BCUT2D eigenvalue weighted by Crippen LogP contribution is 2.29. The van der Waals surface area contributed by atoms with E-state index in [9.17, 15) is 4.79 Å². The molecule has 1 aliphatic heterocycles. The number of ether oxygens (including phenoxy) is 1. The minimum Gasteiger partial charge on any atom is -0.376 e. The zero-order valence-electron chi connectivity index (χ0n) is 15.6. The third-order valence-electron chi connectivity index (χ3n) is 5.24. The third kappa shape index (κ3) is 3.74. The van der Waals surface area contributed by atoms with Gasteiger partial charge in [0, 0.05) is 24.9 Å². The van der Waals surface area contributed by atoms with E-state index in [1.165, 1.54) is 10.8 Å². The zero-order chi connectivity index (χ0) is 18.6. The van der Waals surface area contributed by atoms with Crippen LogP contribution < -0.4 is 5.32 Å². The molecule has 0 radical (unpaired) electrons. The Bertz CT molecular complexity index is 923. The van der Waals surface area contributed by atoms with E-state index >= 15 is 0 Å². The molecule has 3 aromatic rings. The average Bonchev–Trinajstić information content (AvgIpc) is 3.39. The minimum atomic E-state index is -0.310. The number of amides is 1. The Kier molecular flexibility index (Phi) is 5.21. The van der Waals surface area contributed by atoms with Gasteiger partial charge in [-0.3, -0.25) is 9.48 Å². The number of carbonyl (C=O) groups is 1. The SMILES string of the molecule is CCC(C(=O)NCC1CCCO1)n1cc(-c2cccc3ccccc23)cn1. The van der Waals surface area contributed by atoms with Gasteiger partial charge < -0.3 is 10.1 Å². The summed E-state index contributed by atoms with van der Waals surface area (Å²) in [4.78, 5) is 12.7. The fourth-order valence-corrected chi connectivity index (χ4v) is 3.75. The lowest BCUT2D eigenvalue weighted by Crippen LogP contribution is -2.37. The number of carbonyl (C=O) groups excluding carboxylic acids is 1. The maximum atomic E-state index is 12.7. The van der Waals surface area contributed by atoms with Crippen molar-refractivity contribution < 1.29 is 9.53 Å². The molecule has 2 aromatic carbocycles. The molecule has 1 amide bonds. The lowest BCUT2D eigenvalue weighted by Gasteiger charge is -2.17. The molecular formula is C22H25N3O2. The van der Waals surface area contributed by atoms with Gasteiger partial charge >= 0.3 is 0 Å². The Morgan fingerprint density at radius 2 is 2.15 bits per heavy atom. The normalized spacial score (nSPS) is 17.9. The number of benzene rings is 2. The van der Waals surface area contributed by atoms with Crippen LogP contribution in [0.4, 0.5) is 0 Å². The highest BCUT2D eigenvalue weighted by atomic mass is 16.5. The Balaban J connectivity index is 1.53. The van der Waals surface area contributed by atoms with Crippen LogP contribution in [0, 0.1) is 0 Å². The van der Waals surface area contributed by atoms with E-state index in [4.69, 9.17) is 4.74 Å². The summed E-state index contributed by atoms with van der Waals surface area (Å²) >= 11 is 0. The van der Waals surface area contributed by atoms with Crippen molar-refractivity contribution >= 4 is 16.7 Å². The van der Waals surface area contributed by atoms with Gasteiger partial charge in [0.25, 0.3) is 0 Å². The summed E-state index contributed by atoms with van der Waals surface area (Å²) < 4.78 is 7.37. The summed E-state index contributed by atoms with van der Waals surface area (Å²) in [5.74, 6) is 0.000528. The minimum absolute atomic E-state index is 0.000528. The molecule has 140 valence electrons. The van der Waals surface area contributed by atoms with Crippen molar-refractivity contribution in [1.29, 1.82) is 0 Å². The number of nitrogens with one attached hydrogen (secondary N) is 1. The quantitative estimate of drug-likeness (QED) is 0.721. The molecule has 1 aliphatic rings. The summed E-state index contributed by atoms with van der Waals surface area (Å²) in [5, 5.41) is 9.91. The van der Waals surface area contributed by atoms with Crippen LogP contribution in [0.1, 0.15) is 32.2 Å². The molecule has 2 heterocycles. The predicted octanol–water partition coefficient (Wildman–Crippen LogP) is 3.95. The second kappa shape index (κ2) is 7.92. The van der Waals surface area contributed by atoms with E-state index in [-0.39, 0.29) is 18.1 Å². The van der Waals surface area contributed by atoms with Crippen molar-refractivity contribution in [2.75, 3.05) is 13.2 Å². The molecule has 1 fully saturated rings. The molecule has 1 saturated heterocycles. The number of rotatable bonds is 6. The number of fused-ring (bicyclic) bond motifs is 1. The fourth-order valence-electron chi connectivity index (χ4n) is 3.75. The first-order valence-corrected chi connectivity index (χ1v) is 9.68. The highest BCUT2D eigenvalue weighted by molar-refractivity contribution is 5.96. The maximum Gasteiger partial charge on any atom is 0.244 e. The molecule has 2 unspecified atom stereocenters. The van der Waals surface area contributed by atoms with E-state index in [0.29, 0.717) is 13.0 Å². The van der Waals surface area contributed by atoms with Crippen molar-refractivity contribution in [2.45, 2.75) is 38.3 Å². The molecule has 1 aromatic heterocycles. The standard InChI is InChI=1S/C22H25N3O2/c1-2-21(22(26)23-14-18-9-6-12-27-18)25-15-17(13-24-25)20-11-5-8-16-7-3-4-10-19(16)20/h3-5,7-8,10-11,13,15,18,21H,2,6,9,12,14H2,1H3,(H,23,26). The van der Waals surface area contributed by atoms with Crippen molar-refractivity contribution in [2.24, 2.45) is 0 Å². The molecule has 1 N–H and O–H groups in total. The summed E-state index contributed by atoms with van der Waals surface area (Å²) in [6, 6.07) is 14.3. The zero-order valence-corrected chi connectivity index (χ0v) is 15.6. The van der Waals surface area contributed by atoms with Gasteiger partial charge in [0.1, 0.15) is 6.04 Å². The van der Waals surface area contributed by atoms with Gasteiger partial charge in [-0.15, -0.1) is 0 Å². The molecule has 2 atom stereocenters. The van der Waals surface area contributed by atoms with Crippen LogP contribution in [0.5, 0.6) is 0 Å². The van der Waals surface area contributed by atoms with Crippen LogP contribution in [-0.4, -0.2) is 34.9 Å². The maximum absolute atomic E-state index is 12.7. The monoisotopic (exact) mass is 363 g/mol. The smallest absolute Gasteiger partial charge is 0.244 e. The lowest BCUT2D eigenvalue weighted by molar-refractivity contribution is -0.125. The predicted molar refractivity (Wildman–Crippen MR) is 106 cm³/mol. The third-order valence-corrected chi connectivity index (χ3v) is 5.24. The number of hydrogen-bond donors (Lipinski definition) is 1. The van der Waals surface area contributed by atoms with E-state index in [1.54, 1.807) is 4.68 Å². The van der Waals surface area contributed by atoms with Crippen molar-refractivity contribution in [3.8, 4) is 11.1 Å². The highest BCUT2D eigenvalue weighted by Gasteiger charge is 2.22. The van der Waals surface area contributed by atoms with Crippen LogP contribution in [0.2, 0.25) is 0 Å². The summed E-state index contributed by atoms with van der Waals surface area (Å²) in [7, 11) is 0. The molecule has 5 nitrogen and oxygen atoms in total. The largest absolute Gasteiger partial charge is 0.376 e. The van der Waals surface area contributed by atoms with E-state index in [1.807, 2.05) is 31.5 Å². The number of hydrogen-bond acceptors (Lipinski definition) is 3. The Labute approximate surface area is 159 Å². The second-order valence-corrected chi connectivity index (χ2v) is 7.04. The first kappa shape index (κ1) is 17.7. The molecule has 0 bridgehead atoms. The van der Waals surface area contributed by atoms with Crippen LogP contribution in [0.15, 0.2) is 54.9 Å². The second-order valence-electron chi connectivity index (χ2n) is 7.04. The van der Waals surface area contributed by atoms with Gasteiger partial charge in [0.05, 0.1) is 12.3 Å². The average molecular weight is 363 g/mol. The van der Waals surface area contributed by atoms with E-state index in [2.05, 4.69) is 40.7 Å². The molecule has 4 rings (SSSR count). The van der Waals surface area contributed by atoms with Gasteiger partial charge in [0.2, 0.25) is 5.91 Å². The van der Waals surface area contributed by atoms with Crippen LogP contribution in [0.3, 0.4) is 0 Å². The van der Waals surface area contributed by atoms with E-state index < -0.39 is 0 Å². The Morgan fingerprint density at radius 1 is 1.30 bits per heavy atom. The molecule has 0 saturated carbocycles. The van der Waals surface area contributed by atoms with Gasteiger partial charge in [-0.25, -0.2) is 0 Å². The molecule has 5 heteroatoms. The molecule has 0 spiro atoms. The van der Waals surface area contributed by atoms with Crippen molar-refractivity contribution in [3.63, 3.8) is 0 Å². The van der Waals surface area contributed by atoms with Crippen LogP contribution in [0.25, 0.3) is 21.9 Å². The van der Waals surface area contributed by atoms with Crippen molar-refractivity contribution in [1.82, 2.24) is 15.1 Å². The van der Waals surface area contributed by atoms with E-state index in [0.717, 1.165) is 30.6 Å². The van der Waals surface area contributed by atoms with Crippen molar-refractivity contribution in [3.05, 3.63) is 54.9 Å². The molecular weight excluding hydrogens is 338 g/mol. The lowest BCUT2D eigenvalue weighted by atomic mass is 10.0. The van der Waals surface area contributed by atoms with Crippen LogP contribution >= 0.6 is 0 Å².